The smallest absolute Gasteiger partial charge is 0.211 e. The van der Waals surface area contributed by atoms with E-state index in [9.17, 15) is 4.79 Å². The van der Waals surface area contributed by atoms with E-state index in [2.05, 4.69) is 35.8 Å². The Balaban J connectivity index is 1.78. The van der Waals surface area contributed by atoms with Gasteiger partial charge in [-0.15, -0.1) is 11.3 Å². The fraction of sp³-hybridized carbons (Fsp3) is 0.455. The Kier molecular flexibility index (Phi) is 4.60. The Morgan fingerprint density at radius 1 is 1.19 bits per heavy atom. The van der Waals surface area contributed by atoms with Crippen molar-refractivity contribution in [2.24, 2.45) is 0 Å². The quantitative estimate of drug-likeness (QED) is 0.522. The molecule has 1 aromatic carbocycles. The molecule has 0 spiro atoms. The second kappa shape index (κ2) is 7.10. The van der Waals surface area contributed by atoms with E-state index in [-0.39, 0.29) is 5.43 Å². The van der Waals surface area contributed by atoms with Crippen LogP contribution in [-0.4, -0.2) is 15.3 Å². The molecule has 0 radical (unpaired) electrons. The highest BCUT2D eigenvalue weighted by atomic mass is 32.2. The largest absolute Gasteiger partial charge is 0.307 e. The lowest BCUT2D eigenvalue weighted by Gasteiger charge is -2.25. The fourth-order valence-corrected chi connectivity index (χ4v) is 6.84. The normalized spacial score (nSPS) is 17.1. The van der Waals surface area contributed by atoms with Crippen LogP contribution in [0.5, 0.6) is 0 Å². The van der Waals surface area contributed by atoms with Gasteiger partial charge in [0.25, 0.3) is 0 Å². The van der Waals surface area contributed by atoms with Gasteiger partial charge in [0.2, 0.25) is 5.43 Å². The van der Waals surface area contributed by atoms with Gasteiger partial charge in [-0.2, -0.15) is 0 Å². The van der Waals surface area contributed by atoms with Crippen molar-refractivity contribution in [3.63, 3.8) is 0 Å². The first-order valence-corrected chi connectivity index (χ1v) is 11.9. The number of aromatic nitrogens is 2. The molecule has 2 aliphatic carbocycles. The second-order valence-corrected chi connectivity index (χ2v) is 9.77. The Hall–Kier alpha value is -1.59. The average Bonchev–Trinajstić information content (AvgIpc) is 3.07. The number of nitrogens with zero attached hydrogens (tertiary/aromatic N) is 2. The van der Waals surface area contributed by atoms with Crippen molar-refractivity contribution < 1.29 is 0 Å². The van der Waals surface area contributed by atoms with Crippen LogP contribution in [0, 0.1) is 0 Å². The third-order valence-electron chi connectivity index (χ3n) is 5.92. The first kappa shape index (κ1) is 17.5. The molecule has 140 valence electrons. The molecule has 2 heterocycles. The van der Waals surface area contributed by atoms with Crippen LogP contribution in [-0.2, 0) is 12.8 Å². The molecule has 0 amide bonds. The molecule has 0 bridgehead atoms. The molecule has 5 rings (SSSR count). The van der Waals surface area contributed by atoms with Gasteiger partial charge in [-0.1, -0.05) is 62.2 Å². The number of hydrogen-bond donors (Lipinski definition) is 0. The standard InChI is InChI=1S/C22H24N2OS2/c1-2-26-22-23-18-19(25)17-13-12-14-8-6-7-11-16(14)20(17)27-21(18)24(22)15-9-4-3-5-10-15/h6-8,11,15H,2-5,9-10,12-13H2,1H3. The molecule has 2 aromatic heterocycles. The van der Waals surface area contributed by atoms with Crippen LogP contribution in [0.25, 0.3) is 20.8 Å². The van der Waals surface area contributed by atoms with Gasteiger partial charge in [0.15, 0.2) is 5.16 Å². The van der Waals surface area contributed by atoms with Crippen LogP contribution in [0.2, 0.25) is 0 Å². The number of thioether (sulfide) groups is 1. The van der Waals surface area contributed by atoms with E-state index in [1.807, 2.05) is 0 Å². The first-order valence-electron chi connectivity index (χ1n) is 10.1. The number of fused-ring (bicyclic) bond motifs is 4. The minimum Gasteiger partial charge on any atom is -0.307 e. The average molecular weight is 397 g/mol. The highest BCUT2D eigenvalue weighted by molar-refractivity contribution is 7.99. The number of hydrogen-bond acceptors (Lipinski definition) is 4. The van der Waals surface area contributed by atoms with Gasteiger partial charge >= 0.3 is 0 Å². The number of benzene rings is 1. The minimum absolute atomic E-state index is 0.167. The summed E-state index contributed by atoms with van der Waals surface area (Å²) in [6.45, 7) is 2.16. The van der Waals surface area contributed by atoms with Crippen LogP contribution in [0.1, 0.15) is 56.2 Å². The molecule has 2 aliphatic rings. The summed E-state index contributed by atoms with van der Waals surface area (Å²) in [6.07, 6.45) is 8.10. The van der Waals surface area contributed by atoms with Gasteiger partial charge in [-0.25, -0.2) is 4.98 Å². The van der Waals surface area contributed by atoms with Crippen LogP contribution < -0.4 is 5.43 Å². The van der Waals surface area contributed by atoms with Gasteiger partial charge in [0, 0.05) is 16.5 Å². The van der Waals surface area contributed by atoms with Crippen molar-refractivity contribution in [3.05, 3.63) is 45.6 Å². The zero-order valence-corrected chi connectivity index (χ0v) is 17.3. The molecule has 0 unspecified atom stereocenters. The molecule has 5 heteroatoms. The Bertz CT molecular complexity index is 1060. The molecule has 3 nitrogen and oxygen atoms in total. The molecule has 0 atom stereocenters. The molecule has 1 fully saturated rings. The highest BCUT2D eigenvalue weighted by Gasteiger charge is 2.27. The third kappa shape index (κ3) is 2.87. The van der Waals surface area contributed by atoms with Crippen molar-refractivity contribution >= 4 is 33.4 Å². The SMILES string of the molecule is CCSc1nc2c(=O)c3c(sc2n1C1CCCCC1)-c1ccccc1CC3. The van der Waals surface area contributed by atoms with Crippen molar-refractivity contribution in [1.29, 1.82) is 0 Å². The molecule has 0 aliphatic heterocycles. The summed E-state index contributed by atoms with van der Waals surface area (Å²) in [7, 11) is 0. The summed E-state index contributed by atoms with van der Waals surface area (Å²) in [5.74, 6) is 0.984. The number of aryl methyl sites for hydroxylation is 1. The number of imidazole rings is 1. The van der Waals surface area contributed by atoms with E-state index in [4.69, 9.17) is 4.98 Å². The van der Waals surface area contributed by atoms with Gasteiger partial charge in [0.05, 0.1) is 0 Å². The lowest BCUT2D eigenvalue weighted by molar-refractivity contribution is 0.344. The van der Waals surface area contributed by atoms with Crippen LogP contribution in [0.4, 0.5) is 0 Å². The molecular weight excluding hydrogens is 372 g/mol. The van der Waals surface area contributed by atoms with E-state index in [0.717, 1.165) is 34.1 Å². The van der Waals surface area contributed by atoms with Gasteiger partial charge in [-0.05, 0) is 42.6 Å². The van der Waals surface area contributed by atoms with E-state index >= 15 is 0 Å². The highest BCUT2D eigenvalue weighted by Crippen LogP contribution is 2.41. The molecular formula is C22H24N2OS2. The summed E-state index contributed by atoms with van der Waals surface area (Å²) in [5, 5.41) is 1.04. The zero-order valence-electron chi connectivity index (χ0n) is 15.7. The Morgan fingerprint density at radius 3 is 2.81 bits per heavy atom. The monoisotopic (exact) mass is 396 g/mol. The lowest BCUT2D eigenvalue weighted by atomic mass is 9.91. The zero-order chi connectivity index (χ0) is 18.4. The molecule has 27 heavy (non-hydrogen) atoms. The molecule has 0 saturated heterocycles. The third-order valence-corrected chi connectivity index (χ3v) is 8.01. The summed E-state index contributed by atoms with van der Waals surface area (Å²) in [4.78, 5) is 20.5. The second-order valence-electron chi connectivity index (χ2n) is 7.54. The van der Waals surface area contributed by atoms with Crippen molar-refractivity contribution in [1.82, 2.24) is 9.55 Å². The van der Waals surface area contributed by atoms with Crippen LogP contribution in [0.15, 0.2) is 34.2 Å². The lowest BCUT2D eigenvalue weighted by Crippen LogP contribution is -2.16. The van der Waals surface area contributed by atoms with Crippen molar-refractivity contribution in [2.45, 2.75) is 63.1 Å². The van der Waals surface area contributed by atoms with Gasteiger partial charge < -0.3 is 4.57 Å². The van der Waals surface area contributed by atoms with Crippen LogP contribution >= 0.6 is 23.1 Å². The molecule has 3 aromatic rings. The summed E-state index contributed by atoms with van der Waals surface area (Å²) >= 11 is 3.58. The Labute approximate surface area is 167 Å². The number of rotatable bonds is 3. The van der Waals surface area contributed by atoms with E-state index in [1.165, 1.54) is 48.1 Å². The van der Waals surface area contributed by atoms with Crippen LogP contribution in [0.3, 0.4) is 0 Å². The van der Waals surface area contributed by atoms with Crippen molar-refractivity contribution in [2.75, 3.05) is 5.75 Å². The topological polar surface area (TPSA) is 34.9 Å². The molecule has 1 saturated carbocycles. The summed E-state index contributed by atoms with van der Waals surface area (Å²) in [6, 6.07) is 9.07. The molecule has 0 N–H and O–H groups in total. The van der Waals surface area contributed by atoms with E-state index < -0.39 is 0 Å². The first-order chi connectivity index (χ1) is 13.3. The van der Waals surface area contributed by atoms with E-state index in [0.29, 0.717) is 11.6 Å². The van der Waals surface area contributed by atoms with Gasteiger partial charge in [0.1, 0.15) is 10.3 Å². The minimum atomic E-state index is 0.167. The fourth-order valence-electron chi connectivity index (χ4n) is 4.60. The van der Waals surface area contributed by atoms with Gasteiger partial charge in [-0.3, -0.25) is 4.79 Å². The van der Waals surface area contributed by atoms with E-state index in [1.54, 1.807) is 23.1 Å². The predicted octanol–water partition coefficient (Wildman–Crippen LogP) is 5.84. The van der Waals surface area contributed by atoms with Crippen molar-refractivity contribution in [3.8, 4) is 10.4 Å². The summed E-state index contributed by atoms with van der Waals surface area (Å²) in [5.41, 5.74) is 4.48. The summed E-state index contributed by atoms with van der Waals surface area (Å²) < 4.78 is 2.42. The maximum atomic E-state index is 13.4. The maximum Gasteiger partial charge on any atom is 0.211 e. The Morgan fingerprint density at radius 2 is 2.00 bits per heavy atom. The predicted molar refractivity (Wildman–Crippen MR) is 115 cm³/mol. The maximum absolute atomic E-state index is 13.4.